The van der Waals surface area contributed by atoms with Gasteiger partial charge >= 0.3 is 0 Å². The predicted octanol–water partition coefficient (Wildman–Crippen LogP) is 2.38. The van der Waals surface area contributed by atoms with Crippen LogP contribution in [0.5, 0.6) is 5.75 Å². The highest BCUT2D eigenvalue weighted by molar-refractivity contribution is 5.20. The molecule has 2 heteroatoms. The number of rotatable bonds is 5. The van der Waals surface area contributed by atoms with Crippen molar-refractivity contribution < 1.29 is 4.74 Å². The van der Waals surface area contributed by atoms with Gasteiger partial charge in [0.15, 0.2) is 0 Å². The molecule has 0 aromatic heterocycles. The van der Waals surface area contributed by atoms with Crippen LogP contribution in [-0.2, 0) is 0 Å². The number of hydrogen-bond donors (Lipinski definition) is 1. The Bertz CT molecular complexity index is 246. The van der Waals surface area contributed by atoms with E-state index in [9.17, 15) is 0 Å². The Kier molecular flexibility index (Phi) is 3.96. The van der Waals surface area contributed by atoms with E-state index in [0.717, 1.165) is 18.6 Å². The maximum absolute atomic E-state index is 5.87. The molecule has 2 N–H and O–H groups in total. The fourth-order valence-corrected chi connectivity index (χ4v) is 1.40. The molecule has 0 saturated carbocycles. The van der Waals surface area contributed by atoms with E-state index in [2.05, 4.69) is 19.9 Å². The molecule has 0 aliphatic heterocycles. The number of para-hydroxylation sites is 1. The van der Waals surface area contributed by atoms with Crippen LogP contribution in [-0.4, -0.2) is 12.1 Å². The summed E-state index contributed by atoms with van der Waals surface area (Å²) in [6.45, 7) is 4.74. The third kappa shape index (κ3) is 2.48. The molecule has 0 amide bonds. The molecule has 0 atom stereocenters. The first-order chi connectivity index (χ1) is 6.76. The molecule has 0 fully saturated rings. The number of benzene rings is 1. The van der Waals surface area contributed by atoms with Gasteiger partial charge < -0.3 is 10.5 Å². The fourth-order valence-electron chi connectivity index (χ4n) is 1.40. The van der Waals surface area contributed by atoms with Crippen molar-refractivity contribution >= 4 is 0 Å². The molecule has 0 bridgehead atoms. The van der Waals surface area contributed by atoms with Gasteiger partial charge in [0, 0.05) is 12.6 Å². The molecule has 0 aliphatic carbocycles. The summed E-state index contributed by atoms with van der Waals surface area (Å²) in [5.74, 6) is 0.779. The minimum Gasteiger partial charge on any atom is -0.485 e. The zero-order chi connectivity index (χ0) is 10.4. The van der Waals surface area contributed by atoms with E-state index in [1.807, 2.05) is 24.3 Å². The standard InChI is InChI=1S/C12H18NO/c1-3-12(4-2,10-13)14-11-8-6-5-7-9-11/h5-8H,3-4,10,13H2,1-2H3. The Hall–Kier alpha value is -1.02. The molecule has 0 spiro atoms. The van der Waals surface area contributed by atoms with Gasteiger partial charge in [0.05, 0.1) is 0 Å². The predicted molar refractivity (Wildman–Crippen MR) is 58.3 cm³/mol. The molecule has 1 radical (unpaired) electrons. The zero-order valence-electron chi connectivity index (χ0n) is 8.92. The maximum atomic E-state index is 5.87. The van der Waals surface area contributed by atoms with Gasteiger partial charge in [-0.3, -0.25) is 0 Å². The van der Waals surface area contributed by atoms with Crippen molar-refractivity contribution in [3.8, 4) is 5.75 Å². The van der Waals surface area contributed by atoms with Crippen molar-refractivity contribution in [1.29, 1.82) is 0 Å². The van der Waals surface area contributed by atoms with Crippen molar-refractivity contribution in [3.05, 3.63) is 30.3 Å². The summed E-state index contributed by atoms with van der Waals surface area (Å²) in [5.41, 5.74) is 5.51. The van der Waals surface area contributed by atoms with Gasteiger partial charge in [-0.1, -0.05) is 32.0 Å². The van der Waals surface area contributed by atoms with Crippen LogP contribution in [0, 0.1) is 6.07 Å². The van der Waals surface area contributed by atoms with E-state index in [-0.39, 0.29) is 5.60 Å². The monoisotopic (exact) mass is 192 g/mol. The van der Waals surface area contributed by atoms with Gasteiger partial charge in [-0.15, -0.1) is 0 Å². The number of nitrogens with two attached hydrogens (primary N) is 1. The van der Waals surface area contributed by atoms with E-state index in [0.29, 0.717) is 6.54 Å². The first-order valence-corrected chi connectivity index (χ1v) is 5.12. The molecule has 77 valence electrons. The molecule has 14 heavy (non-hydrogen) atoms. The molecule has 2 nitrogen and oxygen atoms in total. The normalized spacial score (nSPS) is 11.4. The lowest BCUT2D eigenvalue weighted by Crippen LogP contribution is -2.42. The molecule has 0 saturated heterocycles. The topological polar surface area (TPSA) is 35.2 Å². The lowest BCUT2D eigenvalue weighted by Gasteiger charge is -2.31. The van der Waals surface area contributed by atoms with E-state index in [1.54, 1.807) is 0 Å². The summed E-state index contributed by atoms with van der Waals surface area (Å²) in [6.07, 6.45) is 1.84. The summed E-state index contributed by atoms with van der Waals surface area (Å²) in [6, 6.07) is 10.7. The summed E-state index contributed by atoms with van der Waals surface area (Å²) >= 11 is 0. The Morgan fingerprint density at radius 3 is 2.50 bits per heavy atom. The summed E-state index contributed by atoms with van der Waals surface area (Å²) in [4.78, 5) is 0. The van der Waals surface area contributed by atoms with E-state index >= 15 is 0 Å². The van der Waals surface area contributed by atoms with Crippen molar-refractivity contribution in [1.82, 2.24) is 0 Å². The smallest absolute Gasteiger partial charge is 0.128 e. The van der Waals surface area contributed by atoms with Gasteiger partial charge in [0.25, 0.3) is 0 Å². The molecule has 0 heterocycles. The van der Waals surface area contributed by atoms with Crippen LogP contribution >= 0.6 is 0 Å². The SMILES string of the molecule is CCC(CC)(CN)Oc1[c]cccc1. The summed E-state index contributed by atoms with van der Waals surface area (Å²) in [5, 5.41) is 0. The van der Waals surface area contributed by atoms with Gasteiger partial charge in [-0.2, -0.15) is 0 Å². The molecule has 1 aromatic carbocycles. The van der Waals surface area contributed by atoms with Crippen LogP contribution in [0.4, 0.5) is 0 Å². The Balaban J connectivity index is 2.74. The van der Waals surface area contributed by atoms with Crippen molar-refractivity contribution in [2.75, 3.05) is 6.54 Å². The van der Waals surface area contributed by atoms with E-state index in [4.69, 9.17) is 10.5 Å². The van der Waals surface area contributed by atoms with Crippen molar-refractivity contribution in [2.24, 2.45) is 5.73 Å². The number of hydrogen-bond acceptors (Lipinski definition) is 2. The zero-order valence-corrected chi connectivity index (χ0v) is 8.92. The Morgan fingerprint density at radius 2 is 2.07 bits per heavy atom. The first-order valence-electron chi connectivity index (χ1n) is 5.12. The minimum absolute atomic E-state index is 0.224. The lowest BCUT2D eigenvalue weighted by molar-refractivity contribution is 0.0689. The fraction of sp³-hybridized carbons (Fsp3) is 0.500. The third-order valence-corrected chi connectivity index (χ3v) is 2.67. The molecule has 1 rings (SSSR count). The highest BCUT2D eigenvalue weighted by Gasteiger charge is 2.26. The van der Waals surface area contributed by atoms with Crippen LogP contribution in [0.15, 0.2) is 24.3 Å². The van der Waals surface area contributed by atoms with Gasteiger partial charge in [-0.05, 0) is 18.9 Å². The highest BCUT2D eigenvalue weighted by atomic mass is 16.5. The molecule has 1 aromatic rings. The minimum atomic E-state index is -0.224. The molecule has 0 aliphatic rings. The molecular weight excluding hydrogens is 174 g/mol. The van der Waals surface area contributed by atoms with Crippen LogP contribution in [0.3, 0.4) is 0 Å². The summed E-state index contributed by atoms with van der Waals surface area (Å²) in [7, 11) is 0. The van der Waals surface area contributed by atoms with Gasteiger partial charge in [0.1, 0.15) is 11.4 Å². The quantitative estimate of drug-likeness (QED) is 0.777. The Morgan fingerprint density at radius 1 is 1.36 bits per heavy atom. The average Bonchev–Trinajstić information content (AvgIpc) is 2.28. The lowest BCUT2D eigenvalue weighted by atomic mass is 9.97. The largest absolute Gasteiger partial charge is 0.485 e. The average molecular weight is 192 g/mol. The van der Waals surface area contributed by atoms with E-state index < -0.39 is 0 Å². The van der Waals surface area contributed by atoms with Crippen LogP contribution in [0.2, 0.25) is 0 Å². The van der Waals surface area contributed by atoms with Crippen LogP contribution < -0.4 is 10.5 Å². The second kappa shape index (κ2) is 5.01. The maximum Gasteiger partial charge on any atom is 0.128 e. The van der Waals surface area contributed by atoms with Gasteiger partial charge in [0.2, 0.25) is 0 Å². The third-order valence-electron chi connectivity index (χ3n) is 2.67. The highest BCUT2D eigenvalue weighted by Crippen LogP contribution is 2.22. The van der Waals surface area contributed by atoms with E-state index in [1.165, 1.54) is 0 Å². The second-order valence-corrected chi connectivity index (χ2v) is 3.42. The van der Waals surface area contributed by atoms with Crippen LogP contribution in [0.25, 0.3) is 0 Å². The van der Waals surface area contributed by atoms with Gasteiger partial charge in [-0.25, -0.2) is 0 Å². The molecular formula is C12H18NO. The second-order valence-electron chi connectivity index (χ2n) is 3.42. The van der Waals surface area contributed by atoms with Crippen LogP contribution in [0.1, 0.15) is 26.7 Å². The summed E-state index contributed by atoms with van der Waals surface area (Å²) < 4.78 is 5.87. The number of ether oxygens (including phenoxy) is 1. The van der Waals surface area contributed by atoms with Crippen molar-refractivity contribution in [3.63, 3.8) is 0 Å². The molecule has 0 unspecified atom stereocenters. The first kappa shape index (κ1) is 11.1. The Labute approximate surface area is 86.1 Å². The van der Waals surface area contributed by atoms with Crippen molar-refractivity contribution in [2.45, 2.75) is 32.3 Å².